The summed E-state index contributed by atoms with van der Waals surface area (Å²) >= 11 is 11.6. The number of carboxylic acids is 1. The van der Waals surface area contributed by atoms with Crippen molar-refractivity contribution < 1.29 is 14.7 Å². The van der Waals surface area contributed by atoms with Gasteiger partial charge in [-0.05, 0) is 24.6 Å². The third-order valence-electron chi connectivity index (χ3n) is 2.18. The van der Waals surface area contributed by atoms with Crippen LogP contribution < -0.4 is 5.32 Å². The average molecular weight is 276 g/mol. The lowest BCUT2D eigenvalue weighted by molar-refractivity contribution is -0.139. The van der Waals surface area contributed by atoms with Gasteiger partial charge in [-0.3, -0.25) is 4.79 Å². The quantitative estimate of drug-likeness (QED) is 0.888. The van der Waals surface area contributed by atoms with Crippen molar-refractivity contribution in [2.24, 2.45) is 0 Å². The van der Waals surface area contributed by atoms with Crippen LogP contribution in [0.1, 0.15) is 23.7 Å². The zero-order valence-electron chi connectivity index (χ0n) is 9.04. The first kappa shape index (κ1) is 13.8. The smallest absolute Gasteiger partial charge is 0.326 e. The second-order valence-corrected chi connectivity index (χ2v) is 4.24. The molecular weight excluding hydrogens is 265 g/mol. The molecule has 1 aromatic rings. The SMILES string of the molecule is CCC(NC(=O)c1cc(Cl)ccc1Cl)C(=O)O. The minimum Gasteiger partial charge on any atom is -0.480 e. The fraction of sp³-hybridized carbons (Fsp3) is 0.273. The van der Waals surface area contributed by atoms with Crippen LogP contribution in [0.3, 0.4) is 0 Å². The molecule has 1 unspecified atom stereocenters. The third-order valence-corrected chi connectivity index (χ3v) is 2.75. The lowest BCUT2D eigenvalue weighted by Crippen LogP contribution is -2.40. The van der Waals surface area contributed by atoms with Gasteiger partial charge < -0.3 is 10.4 Å². The Morgan fingerprint density at radius 3 is 2.59 bits per heavy atom. The number of amides is 1. The van der Waals surface area contributed by atoms with Crippen molar-refractivity contribution in [2.75, 3.05) is 0 Å². The first-order chi connectivity index (χ1) is 7.95. The van der Waals surface area contributed by atoms with E-state index >= 15 is 0 Å². The van der Waals surface area contributed by atoms with Crippen LogP contribution in [0.5, 0.6) is 0 Å². The van der Waals surface area contributed by atoms with Crippen molar-refractivity contribution in [3.05, 3.63) is 33.8 Å². The van der Waals surface area contributed by atoms with Crippen LogP contribution in [0.2, 0.25) is 10.0 Å². The van der Waals surface area contributed by atoms with Crippen LogP contribution in [-0.4, -0.2) is 23.0 Å². The van der Waals surface area contributed by atoms with E-state index in [4.69, 9.17) is 28.3 Å². The summed E-state index contributed by atoms with van der Waals surface area (Å²) in [4.78, 5) is 22.5. The molecule has 2 N–H and O–H groups in total. The Hall–Kier alpha value is -1.26. The summed E-state index contributed by atoms with van der Waals surface area (Å²) in [5.74, 6) is -1.63. The highest BCUT2D eigenvalue weighted by molar-refractivity contribution is 6.35. The number of hydrogen-bond donors (Lipinski definition) is 2. The van der Waals surface area contributed by atoms with Crippen LogP contribution in [0.25, 0.3) is 0 Å². The molecular formula is C11H11Cl2NO3. The van der Waals surface area contributed by atoms with Gasteiger partial charge in [0.25, 0.3) is 5.91 Å². The Labute approximate surface area is 109 Å². The van der Waals surface area contributed by atoms with Crippen molar-refractivity contribution >= 4 is 35.1 Å². The average Bonchev–Trinajstić information content (AvgIpc) is 2.28. The molecule has 1 amide bonds. The van der Waals surface area contributed by atoms with Gasteiger partial charge in [0, 0.05) is 5.02 Å². The van der Waals surface area contributed by atoms with E-state index in [0.717, 1.165) is 0 Å². The van der Waals surface area contributed by atoms with Gasteiger partial charge in [-0.1, -0.05) is 30.1 Å². The van der Waals surface area contributed by atoms with E-state index in [1.54, 1.807) is 13.0 Å². The molecule has 1 aromatic carbocycles. The summed E-state index contributed by atoms with van der Waals surface area (Å²) in [6.45, 7) is 1.67. The maximum atomic E-state index is 11.8. The summed E-state index contributed by atoms with van der Waals surface area (Å²) < 4.78 is 0. The molecule has 1 rings (SSSR count). The lowest BCUT2D eigenvalue weighted by Gasteiger charge is -2.13. The zero-order chi connectivity index (χ0) is 13.0. The molecule has 0 aliphatic heterocycles. The molecule has 0 saturated carbocycles. The van der Waals surface area contributed by atoms with Crippen molar-refractivity contribution in [3.8, 4) is 0 Å². The number of nitrogens with one attached hydrogen (secondary N) is 1. The van der Waals surface area contributed by atoms with Crippen LogP contribution >= 0.6 is 23.2 Å². The van der Waals surface area contributed by atoms with E-state index in [2.05, 4.69) is 5.32 Å². The van der Waals surface area contributed by atoms with Crippen molar-refractivity contribution in [1.29, 1.82) is 0 Å². The minimum absolute atomic E-state index is 0.166. The molecule has 1 atom stereocenters. The molecule has 17 heavy (non-hydrogen) atoms. The Kier molecular flexibility index (Phi) is 4.78. The molecule has 6 heteroatoms. The molecule has 92 valence electrons. The molecule has 0 bridgehead atoms. The largest absolute Gasteiger partial charge is 0.480 e. The standard InChI is InChI=1S/C11H11Cl2NO3/c1-2-9(11(16)17)14-10(15)7-5-6(12)3-4-8(7)13/h3-5,9H,2H2,1H3,(H,14,15)(H,16,17). The van der Waals surface area contributed by atoms with Gasteiger partial charge in [-0.15, -0.1) is 0 Å². The highest BCUT2D eigenvalue weighted by atomic mass is 35.5. The van der Waals surface area contributed by atoms with E-state index in [1.165, 1.54) is 12.1 Å². The molecule has 0 saturated heterocycles. The van der Waals surface area contributed by atoms with Crippen molar-refractivity contribution in [1.82, 2.24) is 5.32 Å². The number of carboxylic acid groups (broad SMARTS) is 1. The summed E-state index contributed by atoms with van der Waals surface area (Å²) in [7, 11) is 0. The number of hydrogen-bond acceptors (Lipinski definition) is 2. The van der Waals surface area contributed by atoms with Gasteiger partial charge >= 0.3 is 5.97 Å². The monoisotopic (exact) mass is 275 g/mol. The first-order valence-corrected chi connectivity index (χ1v) is 5.70. The number of benzene rings is 1. The normalized spacial score (nSPS) is 11.9. The Balaban J connectivity index is 2.89. The Morgan fingerprint density at radius 1 is 1.41 bits per heavy atom. The van der Waals surface area contributed by atoms with Gasteiger partial charge in [0.05, 0.1) is 10.6 Å². The molecule has 0 fully saturated rings. The van der Waals surface area contributed by atoms with Crippen molar-refractivity contribution in [3.63, 3.8) is 0 Å². The van der Waals surface area contributed by atoms with E-state index in [1.807, 2.05) is 0 Å². The third kappa shape index (κ3) is 3.61. The van der Waals surface area contributed by atoms with E-state index in [9.17, 15) is 9.59 Å². The Morgan fingerprint density at radius 2 is 2.06 bits per heavy atom. The minimum atomic E-state index is -1.08. The summed E-state index contributed by atoms with van der Waals surface area (Å²) in [6.07, 6.45) is 0.291. The molecule has 0 spiro atoms. The van der Waals surface area contributed by atoms with E-state index < -0.39 is 17.9 Å². The first-order valence-electron chi connectivity index (χ1n) is 4.94. The predicted octanol–water partition coefficient (Wildman–Crippen LogP) is 2.59. The molecule has 0 radical (unpaired) electrons. The molecule has 4 nitrogen and oxygen atoms in total. The van der Waals surface area contributed by atoms with Gasteiger partial charge in [-0.2, -0.15) is 0 Å². The predicted molar refractivity (Wildman–Crippen MR) is 65.6 cm³/mol. The van der Waals surface area contributed by atoms with Gasteiger partial charge in [0.15, 0.2) is 0 Å². The zero-order valence-corrected chi connectivity index (χ0v) is 10.5. The molecule has 0 heterocycles. The van der Waals surface area contributed by atoms with Crippen molar-refractivity contribution in [2.45, 2.75) is 19.4 Å². The van der Waals surface area contributed by atoms with E-state index in [0.29, 0.717) is 11.4 Å². The van der Waals surface area contributed by atoms with Crippen LogP contribution in [-0.2, 0) is 4.79 Å². The maximum absolute atomic E-state index is 11.8. The van der Waals surface area contributed by atoms with Gasteiger partial charge in [-0.25, -0.2) is 4.79 Å². The lowest BCUT2D eigenvalue weighted by atomic mass is 10.1. The highest BCUT2D eigenvalue weighted by Gasteiger charge is 2.20. The van der Waals surface area contributed by atoms with Crippen LogP contribution in [0.4, 0.5) is 0 Å². The fourth-order valence-corrected chi connectivity index (χ4v) is 1.62. The van der Waals surface area contributed by atoms with Gasteiger partial charge in [0.1, 0.15) is 6.04 Å². The van der Waals surface area contributed by atoms with Gasteiger partial charge in [0.2, 0.25) is 0 Å². The number of halogens is 2. The molecule has 0 aliphatic rings. The topological polar surface area (TPSA) is 66.4 Å². The number of rotatable bonds is 4. The second kappa shape index (κ2) is 5.89. The van der Waals surface area contributed by atoms with Crippen LogP contribution in [0, 0.1) is 0 Å². The number of aliphatic carboxylic acids is 1. The van der Waals surface area contributed by atoms with E-state index in [-0.39, 0.29) is 10.6 Å². The number of carbonyl (C=O) groups is 2. The number of carbonyl (C=O) groups excluding carboxylic acids is 1. The summed E-state index contributed by atoms with van der Waals surface area (Å²) in [5.41, 5.74) is 0.166. The Bertz CT molecular complexity index is 448. The molecule has 0 aromatic heterocycles. The molecule has 0 aliphatic carbocycles. The highest BCUT2D eigenvalue weighted by Crippen LogP contribution is 2.20. The second-order valence-electron chi connectivity index (χ2n) is 3.40. The summed E-state index contributed by atoms with van der Waals surface area (Å²) in [6, 6.07) is 3.50. The maximum Gasteiger partial charge on any atom is 0.326 e. The summed E-state index contributed by atoms with van der Waals surface area (Å²) in [5, 5.41) is 11.8. The van der Waals surface area contributed by atoms with Crippen LogP contribution in [0.15, 0.2) is 18.2 Å². The fourth-order valence-electron chi connectivity index (χ4n) is 1.25.